The van der Waals surface area contributed by atoms with Crippen molar-refractivity contribution in [2.75, 3.05) is 6.61 Å². The second-order valence-electron chi connectivity index (χ2n) is 4.20. The number of aryl methyl sites for hydroxylation is 1. The van der Waals surface area contributed by atoms with Crippen molar-refractivity contribution in [3.8, 4) is 0 Å². The summed E-state index contributed by atoms with van der Waals surface area (Å²) in [5.74, 6) is -0.994. The normalized spacial score (nSPS) is 24.2. The molecule has 1 aliphatic carbocycles. The van der Waals surface area contributed by atoms with Gasteiger partial charge in [0, 0.05) is 0 Å². The zero-order valence-corrected chi connectivity index (χ0v) is 9.65. The molecule has 0 saturated carbocycles. The molecule has 0 fully saturated rings. The van der Waals surface area contributed by atoms with Crippen LogP contribution in [-0.4, -0.2) is 23.9 Å². The molecule has 0 spiro atoms. The summed E-state index contributed by atoms with van der Waals surface area (Å²) in [5.41, 5.74) is -0.342. The third-order valence-corrected chi connectivity index (χ3v) is 3.17. The van der Waals surface area contributed by atoms with Crippen molar-refractivity contribution < 1.29 is 19.0 Å². The van der Waals surface area contributed by atoms with Crippen LogP contribution < -0.4 is 0 Å². The summed E-state index contributed by atoms with van der Waals surface area (Å²) in [6.07, 6.45) is -1.23. The standard InChI is InChI=1S/C13H15FO3/c1-2-17-12(15)11(14)13(16)8-7-9-5-3-4-6-10(9)13/h3-6,11,16H,2,7-8H2,1H3. The summed E-state index contributed by atoms with van der Waals surface area (Å²) in [7, 11) is 0. The van der Waals surface area contributed by atoms with Crippen molar-refractivity contribution in [2.45, 2.75) is 31.5 Å². The van der Waals surface area contributed by atoms with Gasteiger partial charge in [0.15, 0.2) is 0 Å². The van der Waals surface area contributed by atoms with Gasteiger partial charge >= 0.3 is 5.97 Å². The molecular formula is C13H15FO3. The molecule has 92 valence electrons. The molecule has 0 radical (unpaired) electrons. The zero-order chi connectivity index (χ0) is 12.5. The van der Waals surface area contributed by atoms with E-state index in [9.17, 15) is 14.3 Å². The van der Waals surface area contributed by atoms with Crippen LogP contribution in [0.25, 0.3) is 0 Å². The lowest BCUT2D eigenvalue weighted by Crippen LogP contribution is -2.41. The van der Waals surface area contributed by atoms with Gasteiger partial charge in [-0.3, -0.25) is 0 Å². The molecule has 0 bridgehead atoms. The summed E-state index contributed by atoms with van der Waals surface area (Å²) < 4.78 is 18.6. The van der Waals surface area contributed by atoms with E-state index in [0.29, 0.717) is 12.0 Å². The smallest absolute Gasteiger partial charge is 0.344 e. The number of carbonyl (C=O) groups is 1. The topological polar surface area (TPSA) is 46.5 Å². The number of esters is 1. The summed E-state index contributed by atoms with van der Waals surface area (Å²) in [6.45, 7) is 1.72. The first-order valence-electron chi connectivity index (χ1n) is 5.71. The fourth-order valence-corrected chi connectivity index (χ4v) is 2.29. The highest BCUT2D eigenvalue weighted by molar-refractivity contribution is 5.77. The van der Waals surface area contributed by atoms with E-state index in [0.717, 1.165) is 5.56 Å². The molecule has 3 nitrogen and oxygen atoms in total. The van der Waals surface area contributed by atoms with Gasteiger partial charge < -0.3 is 9.84 Å². The first-order valence-corrected chi connectivity index (χ1v) is 5.71. The summed E-state index contributed by atoms with van der Waals surface area (Å²) in [5, 5.41) is 10.3. The summed E-state index contributed by atoms with van der Waals surface area (Å²) in [4.78, 5) is 11.4. The summed E-state index contributed by atoms with van der Waals surface area (Å²) >= 11 is 0. The van der Waals surface area contributed by atoms with Gasteiger partial charge in [0.1, 0.15) is 5.60 Å². The molecular weight excluding hydrogens is 223 g/mol. The van der Waals surface area contributed by atoms with E-state index < -0.39 is 17.7 Å². The van der Waals surface area contributed by atoms with E-state index in [1.54, 1.807) is 19.1 Å². The lowest BCUT2D eigenvalue weighted by atomic mass is 9.91. The third-order valence-electron chi connectivity index (χ3n) is 3.17. The Morgan fingerprint density at radius 2 is 2.29 bits per heavy atom. The zero-order valence-electron chi connectivity index (χ0n) is 9.65. The minimum Gasteiger partial charge on any atom is -0.464 e. The van der Waals surface area contributed by atoms with Gasteiger partial charge in [0.2, 0.25) is 6.17 Å². The number of halogens is 1. The van der Waals surface area contributed by atoms with Crippen LogP contribution in [0.5, 0.6) is 0 Å². The third kappa shape index (κ3) is 1.93. The first kappa shape index (κ1) is 12.0. The van der Waals surface area contributed by atoms with E-state index in [1.165, 1.54) is 0 Å². The quantitative estimate of drug-likeness (QED) is 0.816. The molecule has 1 aromatic rings. The van der Waals surface area contributed by atoms with E-state index in [2.05, 4.69) is 4.74 Å². The molecule has 4 heteroatoms. The van der Waals surface area contributed by atoms with Crippen LogP contribution in [-0.2, 0) is 21.6 Å². The largest absolute Gasteiger partial charge is 0.464 e. The van der Waals surface area contributed by atoms with Gasteiger partial charge in [0.25, 0.3) is 0 Å². The number of benzene rings is 1. The Kier molecular flexibility index (Phi) is 3.15. The van der Waals surface area contributed by atoms with Crippen molar-refractivity contribution in [1.82, 2.24) is 0 Å². The van der Waals surface area contributed by atoms with Crippen LogP contribution in [0.15, 0.2) is 24.3 Å². The molecule has 0 aromatic heterocycles. The van der Waals surface area contributed by atoms with Gasteiger partial charge in [-0.25, -0.2) is 9.18 Å². The van der Waals surface area contributed by atoms with Crippen LogP contribution in [0, 0.1) is 0 Å². The molecule has 2 unspecified atom stereocenters. The Balaban J connectivity index is 2.29. The van der Waals surface area contributed by atoms with Crippen molar-refractivity contribution in [2.24, 2.45) is 0 Å². The minimum atomic E-state index is -2.02. The van der Waals surface area contributed by atoms with Crippen LogP contribution in [0.4, 0.5) is 4.39 Å². The predicted octanol–water partition coefficient (Wildman–Crippen LogP) is 1.72. The number of rotatable bonds is 3. The highest BCUT2D eigenvalue weighted by Gasteiger charge is 2.48. The van der Waals surface area contributed by atoms with E-state index >= 15 is 0 Å². The minimum absolute atomic E-state index is 0.108. The SMILES string of the molecule is CCOC(=O)C(F)C1(O)CCc2ccccc21. The van der Waals surface area contributed by atoms with E-state index in [-0.39, 0.29) is 13.0 Å². The maximum atomic E-state index is 14.0. The molecule has 0 saturated heterocycles. The molecule has 1 aromatic carbocycles. The maximum Gasteiger partial charge on any atom is 0.344 e. The second kappa shape index (κ2) is 4.45. The van der Waals surface area contributed by atoms with Crippen LogP contribution >= 0.6 is 0 Å². The molecule has 0 aliphatic heterocycles. The van der Waals surface area contributed by atoms with Gasteiger partial charge in [-0.15, -0.1) is 0 Å². The Labute approximate surface area is 99.2 Å². The molecule has 0 amide bonds. The number of ether oxygens (including phenoxy) is 1. The lowest BCUT2D eigenvalue weighted by molar-refractivity contribution is -0.161. The molecule has 2 rings (SSSR count). The van der Waals surface area contributed by atoms with E-state index in [4.69, 9.17) is 0 Å². The number of carbonyl (C=O) groups excluding carboxylic acids is 1. The lowest BCUT2D eigenvalue weighted by Gasteiger charge is -2.26. The molecule has 1 aliphatic rings. The van der Waals surface area contributed by atoms with Crippen molar-refractivity contribution in [3.63, 3.8) is 0 Å². The van der Waals surface area contributed by atoms with Crippen molar-refractivity contribution in [3.05, 3.63) is 35.4 Å². The predicted molar refractivity (Wildman–Crippen MR) is 60.2 cm³/mol. The Morgan fingerprint density at radius 1 is 1.59 bits per heavy atom. The molecule has 1 N–H and O–H groups in total. The number of hydrogen-bond donors (Lipinski definition) is 1. The van der Waals surface area contributed by atoms with Crippen LogP contribution in [0.3, 0.4) is 0 Å². The average Bonchev–Trinajstić information content (AvgIpc) is 2.68. The molecule has 17 heavy (non-hydrogen) atoms. The number of fused-ring (bicyclic) bond motifs is 1. The number of hydrogen-bond acceptors (Lipinski definition) is 3. The second-order valence-corrected chi connectivity index (χ2v) is 4.20. The van der Waals surface area contributed by atoms with Gasteiger partial charge in [-0.2, -0.15) is 0 Å². The van der Waals surface area contributed by atoms with Crippen LogP contribution in [0.1, 0.15) is 24.5 Å². The highest BCUT2D eigenvalue weighted by atomic mass is 19.1. The number of aliphatic hydroxyl groups is 1. The monoisotopic (exact) mass is 238 g/mol. The van der Waals surface area contributed by atoms with Gasteiger partial charge in [0.05, 0.1) is 6.61 Å². The number of alkyl halides is 1. The van der Waals surface area contributed by atoms with Gasteiger partial charge in [-0.1, -0.05) is 24.3 Å². The van der Waals surface area contributed by atoms with Crippen molar-refractivity contribution >= 4 is 5.97 Å². The molecule has 2 atom stereocenters. The molecule has 0 heterocycles. The fraction of sp³-hybridized carbons (Fsp3) is 0.462. The Hall–Kier alpha value is -1.42. The Morgan fingerprint density at radius 3 is 3.00 bits per heavy atom. The van der Waals surface area contributed by atoms with E-state index in [1.807, 2.05) is 12.1 Å². The van der Waals surface area contributed by atoms with Crippen molar-refractivity contribution in [1.29, 1.82) is 0 Å². The van der Waals surface area contributed by atoms with Crippen LogP contribution in [0.2, 0.25) is 0 Å². The first-order chi connectivity index (χ1) is 8.09. The van der Waals surface area contributed by atoms with Gasteiger partial charge in [-0.05, 0) is 30.9 Å². The Bertz CT molecular complexity index is 432. The fourth-order valence-electron chi connectivity index (χ4n) is 2.29. The maximum absolute atomic E-state index is 14.0. The average molecular weight is 238 g/mol. The highest BCUT2D eigenvalue weighted by Crippen LogP contribution is 2.40. The summed E-state index contributed by atoms with van der Waals surface area (Å²) in [6, 6.07) is 7.06.